The summed E-state index contributed by atoms with van der Waals surface area (Å²) in [5.74, 6) is 0. The molecule has 1 fully saturated rings. The molecular formula is C9H20N2O. The number of aliphatic hydroxyl groups is 1. The van der Waals surface area contributed by atoms with Crippen molar-refractivity contribution in [3.05, 3.63) is 0 Å². The van der Waals surface area contributed by atoms with Gasteiger partial charge in [-0.25, -0.2) is 0 Å². The average molecular weight is 172 g/mol. The highest BCUT2D eigenvalue weighted by atomic mass is 16.3. The molecule has 0 unspecified atom stereocenters. The molecule has 0 bridgehead atoms. The number of hydrogen-bond acceptors (Lipinski definition) is 3. The summed E-state index contributed by atoms with van der Waals surface area (Å²) in [5, 5.41) is 12.5. The van der Waals surface area contributed by atoms with E-state index in [9.17, 15) is 5.11 Å². The molecule has 1 rings (SSSR count). The Balaban J connectivity index is 2.42. The quantitative estimate of drug-likeness (QED) is 0.631. The van der Waals surface area contributed by atoms with Crippen molar-refractivity contribution in [2.75, 3.05) is 33.3 Å². The van der Waals surface area contributed by atoms with Crippen molar-refractivity contribution >= 4 is 0 Å². The van der Waals surface area contributed by atoms with Crippen molar-refractivity contribution in [2.24, 2.45) is 0 Å². The van der Waals surface area contributed by atoms with Crippen LogP contribution in [0.1, 0.15) is 19.8 Å². The third-order valence-electron chi connectivity index (χ3n) is 3.09. The van der Waals surface area contributed by atoms with Crippen LogP contribution in [0.4, 0.5) is 0 Å². The van der Waals surface area contributed by atoms with Crippen molar-refractivity contribution in [3.8, 4) is 0 Å². The van der Waals surface area contributed by atoms with Crippen molar-refractivity contribution in [2.45, 2.75) is 25.3 Å². The summed E-state index contributed by atoms with van der Waals surface area (Å²) in [7, 11) is 1.94. The Labute approximate surface area is 74.8 Å². The second kappa shape index (κ2) is 4.21. The van der Waals surface area contributed by atoms with E-state index in [0.717, 1.165) is 32.5 Å². The number of piperidine rings is 1. The molecule has 3 heteroatoms. The predicted octanol–water partition coefficient (Wildman–Crippen LogP) is 0.0526. The number of rotatable bonds is 3. The monoisotopic (exact) mass is 172 g/mol. The fraction of sp³-hybridized carbons (Fsp3) is 1.00. The third kappa shape index (κ3) is 1.97. The van der Waals surface area contributed by atoms with E-state index in [0.29, 0.717) is 0 Å². The van der Waals surface area contributed by atoms with E-state index in [1.807, 2.05) is 7.05 Å². The third-order valence-corrected chi connectivity index (χ3v) is 3.09. The summed E-state index contributed by atoms with van der Waals surface area (Å²) >= 11 is 0. The van der Waals surface area contributed by atoms with Gasteiger partial charge in [-0.2, -0.15) is 0 Å². The Bertz CT molecular complexity index is 124. The molecule has 3 nitrogen and oxygen atoms in total. The number of aliphatic hydroxyl groups excluding tert-OH is 1. The highest BCUT2D eigenvalue weighted by molar-refractivity contribution is 4.91. The van der Waals surface area contributed by atoms with Crippen molar-refractivity contribution < 1.29 is 5.11 Å². The zero-order chi connectivity index (χ0) is 9.03. The van der Waals surface area contributed by atoms with Gasteiger partial charge in [0.05, 0.1) is 6.61 Å². The van der Waals surface area contributed by atoms with Crippen LogP contribution < -0.4 is 5.32 Å². The van der Waals surface area contributed by atoms with Crippen molar-refractivity contribution in [1.82, 2.24) is 10.2 Å². The second-order valence-corrected chi connectivity index (χ2v) is 3.62. The van der Waals surface area contributed by atoms with Crippen LogP contribution >= 0.6 is 0 Å². The molecule has 1 aliphatic rings. The van der Waals surface area contributed by atoms with Gasteiger partial charge >= 0.3 is 0 Å². The first-order valence-corrected chi connectivity index (χ1v) is 4.78. The first-order chi connectivity index (χ1) is 5.76. The van der Waals surface area contributed by atoms with E-state index < -0.39 is 0 Å². The molecule has 0 radical (unpaired) electrons. The largest absolute Gasteiger partial charge is 0.394 e. The Morgan fingerprint density at radius 2 is 2.00 bits per heavy atom. The molecule has 12 heavy (non-hydrogen) atoms. The Morgan fingerprint density at radius 3 is 2.33 bits per heavy atom. The Kier molecular flexibility index (Phi) is 3.50. The number of likely N-dealkylation sites (N-methyl/N-ethyl adjacent to an activating group) is 1. The number of nitrogens with one attached hydrogen (secondary N) is 1. The van der Waals surface area contributed by atoms with E-state index in [-0.39, 0.29) is 12.1 Å². The summed E-state index contributed by atoms with van der Waals surface area (Å²) in [6, 6.07) is 0. The van der Waals surface area contributed by atoms with Crippen LogP contribution in [0.5, 0.6) is 0 Å². The topological polar surface area (TPSA) is 35.5 Å². The summed E-state index contributed by atoms with van der Waals surface area (Å²) in [6.07, 6.45) is 2.13. The standard InChI is InChI=1S/C9H20N2O/c1-3-11-6-4-9(8-12,10-2)5-7-11/h10,12H,3-8H2,1-2H3. The van der Waals surface area contributed by atoms with Crippen molar-refractivity contribution in [3.63, 3.8) is 0 Å². The molecule has 0 aromatic carbocycles. The van der Waals surface area contributed by atoms with Crippen LogP contribution in [-0.2, 0) is 0 Å². The van der Waals surface area contributed by atoms with Gasteiger partial charge in [-0.05, 0) is 39.5 Å². The van der Waals surface area contributed by atoms with Gasteiger partial charge in [0, 0.05) is 5.54 Å². The van der Waals surface area contributed by atoms with E-state index in [1.54, 1.807) is 0 Å². The summed E-state index contributed by atoms with van der Waals surface area (Å²) in [5.41, 5.74) is 0.00563. The zero-order valence-electron chi connectivity index (χ0n) is 8.14. The Morgan fingerprint density at radius 1 is 1.42 bits per heavy atom. The maximum Gasteiger partial charge on any atom is 0.0614 e. The predicted molar refractivity (Wildman–Crippen MR) is 50.2 cm³/mol. The van der Waals surface area contributed by atoms with Crippen LogP contribution in [0.15, 0.2) is 0 Å². The molecule has 0 aromatic heterocycles. The molecule has 0 aromatic rings. The average Bonchev–Trinajstić information content (AvgIpc) is 2.18. The van der Waals surface area contributed by atoms with E-state index >= 15 is 0 Å². The van der Waals surface area contributed by atoms with Crippen LogP contribution in [0, 0.1) is 0 Å². The van der Waals surface area contributed by atoms with Crippen molar-refractivity contribution in [1.29, 1.82) is 0 Å². The number of likely N-dealkylation sites (tertiary alicyclic amines) is 1. The lowest BCUT2D eigenvalue weighted by atomic mass is 9.88. The highest BCUT2D eigenvalue weighted by Gasteiger charge is 2.31. The maximum atomic E-state index is 9.22. The zero-order valence-corrected chi connectivity index (χ0v) is 8.14. The van der Waals surface area contributed by atoms with Gasteiger partial charge in [-0.15, -0.1) is 0 Å². The van der Waals surface area contributed by atoms with Crippen LogP contribution in [0.2, 0.25) is 0 Å². The summed E-state index contributed by atoms with van der Waals surface area (Å²) < 4.78 is 0. The first kappa shape index (κ1) is 9.96. The lowest BCUT2D eigenvalue weighted by Crippen LogP contribution is -2.54. The van der Waals surface area contributed by atoms with Gasteiger partial charge in [0.2, 0.25) is 0 Å². The van der Waals surface area contributed by atoms with Crippen LogP contribution in [0.3, 0.4) is 0 Å². The van der Waals surface area contributed by atoms with Gasteiger partial charge < -0.3 is 15.3 Å². The SMILES string of the molecule is CCN1CCC(CO)(NC)CC1. The molecule has 1 heterocycles. The van der Waals surface area contributed by atoms with E-state index in [4.69, 9.17) is 0 Å². The lowest BCUT2D eigenvalue weighted by Gasteiger charge is -2.40. The lowest BCUT2D eigenvalue weighted by molar-refractivity contribution is 0.0869. The van der Waals surface area contributed by atoms with E-state index in [2.05, 4.69) is 17.1 Å². The minimum atomic E-state index is 0.00563. The molecule has 1 aliphatic heterocycles. The fourth-order valence-electron chi connectivity index (χ4n) is 1.78. The maximum absolute atomic E-state index is 9.22. The Hall–Kier alpha value is -0.120. The minimum absolute atomic E-state index is 0.00563. The van der Waals surface area contributed by atoms with Gasteiger partial charge in [-0.1, -0.05) is 6.92 Å². The molecule has 0 amide bonds. The first-order valence-electron chi connectivity index (χ1n) is 4.78. The molecule has 72 valence electrons. The molecule has 1 saturated heterocycles. The van der Waals surface area contributed by atoms with Crippen LogP contribution in [0.25, 0.3) is 0 Å². The molecule has 0 aliphatic carbocycles. The van der Waals surface area contributed by atoms with Crippen LogP contribution in [-0.4, -0.2) is 48.8 Å². The molecule has 0 saturated carbocycles. The molecule has 0 atom stereocenters. The fourth-order valence-corrected chi connectivity index (χ4v) is 1.78. The highest BCUT2D eigenvalue weighted by Crippen LogP contribution is 2.20. The summed E-state index contributed by atoms with van der Waals surface area (Å²) in [4.78, 5) is 2.42. The van der Waals surface area contributed by atoms with Gasteiger partial charge in [0.1, 0.15) is 0 Å². The minimum Gasteiger partial charge on any atom is -0.394 e. The molecule has 0 spiro atoms. The number of nitrogens with zero attached hydrogens (tertiary/aromatic N) is 1. The van der Waals surface area contributed by atoms with Gasteiger partial charge in [-0.3, -0.25) is 0 Å². The van der Waals surface area contributed by atoms with Gasteiger partial charge in [0.25, 0.3) is 0 Å². The van der Waals surface area contributed by atoms with Gasteiger partial charge in [0.15, 0.2) is 0 Å². The summed E-state index contributed by atoms with van der Waals surface area (Å²) in [6.45, 7) is 5.80. The second-order valence-electron chi connectivity index (χ2n) is 3.62. The molecular weight excluding hydrogens is 152 g/mol. The molecule has 2 N–H and O–H groups in total. The smallest absolute Gasteiger partial charge is 0.0614 e. The van der Waals surface area contributed by atoms with E-state index in [1.165, 1.54) is 0 Å². The normalized spacial score (nSPS) is 24.2. The number of hydrogen-bond donors (Lipinski definition) is 2.